The predicted octanol–water partition coefficient (Wildman–Crippen LogP) is 3.72. The molecule has 0 unspecified atom stereocenters. The molecule has 1 amide bonds. The van der Waals surface area contributed by atoms with E-state index in [1.807, 2.05) is 56.3 Å². The molecule has 2 rings (SSSR count). The summed E-state index contributed by atoms with van der Waals surface area (Å²) in [7, 11) is 0. The van der Waals surface area contributed by atoms with Crippen LogP contribution >= 0.6 is 0 Å². The van der Waals surface area contributed by atoms with Gasteiger partial charge in [-0.05, 0) is 43.2 Å². The van der Waals surface area contributed by atoms with Gasteiger partial charge >= 0.3 is 0 Å². The number of para-hydroxylation sites is 1. The van der Waals surface area contributed by atoms with Crippen LogP contribution in [-0.4, -0.2) is 19.1 Å². The van der Waals surface area contributed by atoms with Gasteiger partial charge in [0.2, 0.25) is 5.91 Å². The molecule has 0 fully saturated rings. The van der Waals surface area contributed by atoms with E-state index in [1.54, 1.807) is 0 Å². The maximum atomic E-state index is 11.2. The highest BCUT2D eigenvalue weighted by molar-refractivity contribution is 5.90. The van der Waals surface area contributed by atoms with Crippen molar-refractivity contribution in [2.45, 2.75) is 20.8 Å². The highest BCUT2D eigenvalue weighted by Gasteiger charge is 2.06. The quantitative estimate of drug-likeness (QED) is 0.827. The summed E-state index contributed by atoms with van der Waals surface area (Å²) in [6.45, 7) is 6.31. The minimum atomic E-state index is -0.120. The summed E-state index contributed by atoms with van der Waals surface area (Å²) < 4.78 is 11.4. The van der Waals surface area contributed by atoms with Crippen LogP contribution in [0.1, 0.15) is 18.1 Å². The fourth-order valence-electron chi connectivity index (χ4n) is 2.06. The zero-order chi connectivity index (χ0) is 15.9. The monoisotopic (exact) mass is 299 g/mol. The van der Waals surface area contributed by atoms with E-state index in [0.29, 0.717) is 24.7 Å². The molecule has 2 aromatic carbocycles. The van der Waals surface area contributed by atoms with Gasteiger partial charge < -0.3 is 14.8 Å². The van der Waals surface area contributed by atoms with Crippen molar-refractivity contribution in [3.8, 4) is 11.5 Å². The smallest absolute Gasteiger partial charge is 0.221 e. The number of carbonyl (C=O) groups is 1. The third kappa shape index (κ3) is 4.52. The molecule has 0 atom stereocenters. The Balaban J connectivity index is 1.92. The molecule has 0 bridgehead atoms. The predicted molar refractivity (Wildman–Crippen MR) is 87.7 cm³/mol. The van der Waals surface area contributed by atoms with Gasteiger partial charge in [-0.25, -0.2) is 0 Å². The largest absolute Gasteiger partial charge is 0.490 e. The molecule has 0 radical (unpaired) electrons. The van der Waals surface area contributed by atoms with E-state index in [9.17, 15) is 4.79 Å². The Bertz CT molecular complexity index is 653. The molecule has 0 saturated heterocycles. The fourth-order valence-corrected chi connectivity index (χ4v) is 2.06. The number of carbonyl (C=O) groups excluding carboxylic acids is 1. The van der Waals surface area contributed by atoms with Gasteiger partial charge in [-0.2, -0.15) is 0 Å². The Kier molecular flexibility index (Phi) is 5.42. The van der Waals surface area contributed by atoms with Crippen molar-refractivity contribution in [3.63, 3.8) is 0 Å². The number of nitrogens with one attached hydrogen (secondary N) is 1. The van der Waals surface area contributed by atoms with Gasteiger partial charge in [0.1, 0.15) is 24.7 Å². The highest BCUT2D eigenvalue weighted by atomic mass is 16.5. The number of ether oxygens (including phenoxy) is 2. The molecule has 0 aliphatic heterocycles. The van der Waals surface area contributed by atoms with Gasteiger partial charge in [0, 0.05) is 6.92 Å². The molecule has 1 N–H and O–H groups in total. The van der Waals surface area contributed by atoms with Crippen molar-refractivity contribution in [2.75, 3.05) is 18.5 Å². The van der Waals surface area contributed by atoms with Crippen molar-refractivity contribution in [1.29, 1.82) is 0 Å². The second kappa shape index (κ2) is 7.50. The summed E-state index contributed by atoms with van der Waals surface area (Å²) in [4.78, 5) is 11.2. The summed E-state index contributed by atoms with van der Waals surface area (Å²) in [5.41, 5.74) is 2.84. The van der Waals surface area contributed by atoms with Crippen molar-refractivity contribution in [3.05, 3.63) is 53.6 Å². The molecule has 4 heteroatoms. The summed E-state index contributed by atoms with van der Waals surface area (Å²) in [6, 6.07) is 13.5. The van der Waals surface area contributed by atoms with Crippen LogP contribution in [0.4, 0.5) is 5.69 Å². The fraction of sp³-hybridized carbons (Fsp3) is 0.278. The molecule has 0 saturated carbocycles. The molecule has 22 heavy (non-hydrogen) atoms. The lowest BCUT2D eigenvalue weighted by molar-refractivity contribution is -0.114. The Hall–Kier alpha value is -2.49. The number of rotatable bonds is 6. The number of hydrogen-bond donors (Lipinski definition) is 1. The average Bonchev–Trinajstić information content (AvgIpc) is 2.47. The highest BCUT2D eigenvalue weighted by Crippen LogP contribution is 2.25. The molecule has 116 valence electrons. The first-order valence-electron chi connectivity index (χ1n) is 7.26. The van der Waals surface area contributed by atoms with Crippen molar-refractivity contribution >= 4 is 11.6 Å². The average molecular weight is 299 g/mol. The maximum Gasteiger partial charge on any atom is 0.221 e. The van der Waals surface area contributed by atoms with Gasteiger partial charge in [0.25, 0.3) is 0 Å². The first-order valence-corrected chi connectivity index (χ1v) is 7.26. The summed E-state index contributed by atoms with van der Waals surface area (Å²) in [5.74, 6) is 1.39. The van der Waals surface area contributed by atoms with Gasteiger partial charge in [0.15, 0.2) is 0 Å². The maximum absolute atomic E-state index is 11.2. The standard InChI is InChI=1S/C18H21NO3/c1-13-8-9-16(19-15(3)20)18(12-13)22-11-10-21-17-7-5-4-6-14(17)2/h4-9,12H,10-11H2,1-3H3,(H,19,20). The lowest BCUT2D eigenvalue weighted by atomic mass is 10.2. The zero-order valence-electron chi connectivity index (χ0n) is 13.2. The van der Waals surface area contributed by atoms with Gasteiger partial charge in [-0.1, -0.05) is 24.3 Å². The summed E-state index contributed by atoms with van der Waals surface area (Å²) in [6.07, 6.45) is 0. The zero-order valence-corrected chi connectivity index (χ0v) is 13.2. The van der Waals surface area contributed by atoms with Crippen molar-refractivity contribution < 1.29 is 14.3 Å². The van der Waals surface area contributed by atoms with Crippen molar-refractivity contribution in [1.82, 2.24) is 0 Å². The molecule has 0 aliphatic carbocycles. The normalized spacial score (nSPS) is 10.1. The topological polar surface area (TPSA) is 47.6 Å². The van der Waals surface area contributed by atoms with E-state index in [0.717, 1.165) is 16.9 Å². The minimum Gasteiger partial charge on any atom is -0.490 e. The first kappa shape index (κ1) is 15.9. The lowest BCUT2D eigenvalue weighted by Crippen LogP contribution is -2.12. The van der Waals surface area contributed by atoms with E-state index in [1.165, 1.54) is 6.92 Å². The Morgan fingerprint density at radius 2 is 1.68 bits per heavy atom. The third-order valence-corrected chi connectivity index (χ3v) is 3.14. The minimum absolute atomic E-state index is 0.120. The number of benzene rings is 2. The molecular weight excluding hydrogens is 278 g/mol. The first-order chi connectivity index (χ1) is 10.6. The van der Waals surface area contributed by atoms with Crippen LogP contribution in [0, 0.1) is 13.8 Å². The second-order valence-corrected chi connectivity index (χ2v) is 5.14. The molecule has 2 aromatic rings. The Labute approximate surface area is 131 Å². The molecule has 0 spiro atoms. The number of anilines is 1. The lowest BCUT2D eigenvalue weighted by Gasteiger charge is -2.13. The summed E-state index contributed by atoms with van der Waals surface area (Å²) >= 11 is 0. The Morgan fingerprint density at radius 1 is 1.00 bits per heavy atom. The molecular formula is C18H21NO3. The van der Waals surface area contributed by atoms with Crippen LogP contribution in [0.3, 0.4) is 0 Å². The summed E-state index contributed by atoms with van der Waals surface area (Å²) in [5, 5.41) is 2.76. The van der Waals surface area contributed by atoms with Crippen LogP contribution in [-0.2, 0) is 4.79 Å². The molecule has 4 nitrogen and oxygen atoms in total. The van der Waals surface area contributed by atoms with Crippen LogP contribution in [0.2, 0.25) is 0 Å². The van der Waals surface area contributed by atoms with Crippen LogP contribution in [0.25, 0.3) is 0 Å². The van der Waals surface area contributed by atoms with Crippen molar-refractivity contribution in [2.24, 2.45) is 0 Å². The van der Waals surface area contributed by atoms with Gasteiger partial charge in [-0.3, -0.25) is 4.79 Å². The van der Waals surface area contributed by atoms with E-state index in [-0.39, 0.29) is 5.91 Å². The van der Waals surface area contributed by atoms with E-state index in [2.05, 4.69) is 5.32 Å². The second-order valence-electron chi connectivity index (χ2n) is 5.14. The Morgan fingerprint density at radius 3 is 2.36 bits per heavy atom. The number of amides is 1. The molecule has 0 aliphatic rings. The van der Waals surface area contributed by atoms with Crippen LogP contribution in [0.15, 0.2) is 42.5 Å². The van der Waals surface area contributed by atoms with E-state index in [4.69, 9.17) is 9.47 Å². The van der Waals surface area contributed by atoms with Gasteiger partial charge in [-0.15, -0.1) is 0 Å². The SMILES string of the molecule is CC(=O)Nc1ccc(C)cc1OCCOc1ccccc1C. The van der Waals surface area contributed by atoms with Crippen LogP contribution < -0.4 is 14.8 Å². The van der Waals surface area contributed by atoms with Crippen LogP contribution in [0.5, 0.6) is 11.5 Å². The number of aryl methyl sites for hydroxylation is 2. The molecule has 0 heterocycles. The van der Waals surface area contributed by atoms with E-state index >= 15 is 0 Å². The molecule has 0 aromatic heterocycles. The third-order valence-electron chi connectivity index (χ3n) is 3.14. The van der Waals surface area contributed by atoms with Gasteiger partial charge in [0.05, 0.1) is 5.69 Å². The van der Waals surface area contributed by atoms with E-state index < -0.39 is 0 Å². The number of hydrogen-bond acceptors (Lipinski definition) is 3.